The lowest BCUT2D eigenvalue weighted by Crippen LogP contribution is -2.11. The van der Waals surface area contributed by atoms with Crippen LogP contribution in [0.1, 0.15) is 21.7 Å². The minimum absolute atomic E-state index is 0.123. The van der Waals surface area contributed by atoms with Crippen molar-refractivity contribution >= 4 is 5.97 Å². The number of nitrogens with zero attached hydrogens (tertiary/aromatic N) is 3. The predicted molar refractivity (Wildman–Crippen MR) is 57.5 cm³/mol. The van der Waals surface area contributed by atoms with Gasteiger partial charge in [0.1, 0.15) is 5.56 Å². The normalized spacial score (nSPS) is 11.6. The zero-order valence-electron chi connectivity index (χ0n) is 9.73. The largest absolute Gasteiger partial charge is 0.476 e. The first-order chi connectivity index (χ1) is 9.27. The lowest BCUT2D eigenvalue weighted by Gasteiger charge is -2.03. The molecule has 2 heterocycles. The average Bonchev–Trinajstić information content (AvgIpc) is 2.73. The number of aromatic nitrogens is 3. The molecule has 0 aliphatic rings. The SMILES string of the molecule is O=C(O)c1nn(Cc2cccc(F)n2)cc1C(F)(F)F. The predicted octanol–water partition coefficient (Wildman–Crippen LogP) is 2.18. The molecule has 2 aromatic rings. The van der Waals surface area contributed by atoms with Crippen LogP contribution in [0.5, 0.6) is 0 Å². The van der Waals surface area contributed by atoms with Gasteiger partial charge in [0, 0.05) is 6.20 Å². The second kappa shape index (κ2) is 4.91. The van der Waals surface area contributed by atoms with Crippen LogP contribution in [0.25, 0.3) is 0 Å². The molecule has 106 valence electrons. The highest BCUT2D eigenvalue weighted by molar-refractivity contribution is 5.87. The Balaban J connectivity index is 2.37. The molecule has 0 radical (unpaired) electrons. The number of hydrogen-bond donors (Lipinski definition) is 1. The molecule has 0 amide bonds. The topological polar surface area (TPSA) is 68.0 Å². The number of alkyl halides is 3. The Morgan fingerprint density at radius 1 is 1.35 bits per heavy atom. The van der Waals surface area contributed by atoms with E-state index < -0.39 is 29.4 Å². The van der Waals surface area contributed by atoms with Crippen molar-refractivity contribution < 1.29 is 27.5 Å². The Kier molecular flexibility index (Phi) is 3.43. The molecule has 20 heavy (non-hydrogen) atoms. The summed E-state index contributed by atoms with van der Waals surface area (Å²) >= 11 is 0. The maximum Gasteiger partial charge on any atom is 0.420 e. The number of hydrogen-bond acceptors (Lipinski definition) is 3. The zero-order valence-corrected chi connectivity index (χ0v) is 9.73. The van der Waals surface area contributed by atoms with Gasteiger partial charge in [0.05, 0.1) is 12.2 Å². The highest BCUT2D eigenvalue weighted by Crippen LogP contribution is 2.31. The van der Waals surface area contributed by atoms with Crippen LogP contribution in [-0.2, 0) is 12.7 Å². The van der Waals surface area contributed by atoms with Crippen molar-refractivity contribution in [1.82, 2.24) is 14.8 Å². The molecule has 0 bridgehead atoms. The van der Waals surface area contributed by atoms with Gasteiger partial charge in [0.25, 0.3) is 0 Å². The molecule has 0 saturated carbocycles. The minimum atomic E-state index is -4.83. The molecule has 0 fully saturated rings. The maximum atomic E-state index is 12.9. The first-order valence-corrected chi connectivity index (χ1v) is 5.27. The Morgan fingerprint density at radius 3 is 2.55 bits per heavy atom. The highest BCUT2D eigenvalue weighted by atomic mass is 19.4. The van der Waals surface area contributed by atoms with Gasteiger partial charge in [-0.1, -0.05) is 6.07 Å². The Morgan fingerprint density at radius 2 is 2.05 bits per heavy atom. The molecule has 2 aromatic heterocycles. The number of carboxylic acid groups (broad SMARTS) is 1. The smallest absolute Gasteiger partial charge is 0.420 e. The molecule has 1 N–H and O–H groups in total. The van der Waals surface area contributed by atoms with E-state index >= 15 is 0 Å². The van der Waals surface area contributed by atoms with Gasteiger partial charge in [-0.2, -0.15) is 22.7 Å². The standard InChI is InChI=1S/C11H7F4N3O2/c12-8-3-1-2-6(16-8)4-18-5-7(11(13,14)15)9(17-18)10(19)20/h1-3,5H,4H2,(H,19,20). The molecule has 5 nitrogen and oxygen atoms in total. The van der Waals surface area contributed by atoms with E-state index in [0.29, 0.717) is 6.20 Å². The van der Waals surface area contributed by atoms with Crippen molar-refractivity contribution in [1.29, 1.82) is 0 Å². The van der Waals surface area contributed by atoms with Gasteiger partial charge in [-0.3, -0.25) is 4.68 Å². The number of rotatable bonds is 3. The summed E-state index contributed by atoms with van der Waals surface area (Å²) < 4.78 is 51.5. The quantitative estimate of drug-likeness (QED) is 0.694. The van der Waals surface area contributed by atoms with E-state index in [1.807, 2.05) is 0 Å². The summed E-state index contributed by atoms with van der Waals surface area (Å²) in [6, 6.07) is 3.80. The van der Waals surface area contributed by atoms with E-state index in [0.717, 1.165) is 10.7 Å². The summed E-state index contributed by atoms with van der Waals surface area (Å²) in [6.07, 6.45) is -4.28. The van der Waals surface area contributed by atoms with Gasteiger partial charge >= 0.3 is 12.1 Å². The third kappa shape index (κ3) is 2.92. The third-order valence-electron chi connectivity index (χ3n) is 2.37. The molecule has 9 heteroatoms. The van der Waals surface area contributed by atoms with Gasteiger partial charge in [-0.15, -0.1) is 0 Å². The number of carboxylic acids is 1. The molecule has 0 atom stereocenters. The molecule has 0 spiro atoms. The van der Waals surface area contributed by atoms with Gasteiger partial charge in [-0.05, 0) is 12.1 Å². The molecule has 2 rings (SSSR count). The van der Waals surface area contributed by atoms with Crippen molar-refractivity contribution in [3.05, 3.63) is 47.3 Å². The minimum Gasteiger partial charge on any atom is -0.476 e. The number of halogens is 4. The second-order valence-electron chi connectivity index (χ2n) is 3.84. The molecule has 0 aliphatic carbocycles. The van der Waals surface area contributed by atoms with Gasteiger partial charge in [0.2, 0.25) is 5.95 Å². The maximum absolute atomic E-state index is 12.9. The molecule has 0 aliphatic heterocycles. The van der Waals surface area contributed by atoms with Crippen LogP contribution in [0.2, 0.25) is 0 Å². The van der Waals surface area contributed by atoms with E-state index in [9.17, 15) is 22.4 Å². The van der Waals surface area contributed by atoms with Crippen molar-refractivity contribution in [2.24, 2.45) is 0 Å². The molecular weight excluding hydrogens is 282 g/mol. The van der Waals surface area contributed by atoms with Crippen LogP contribution in [0, 0.1) is 5.95 Å². The fraction of sp³-hybridized carbons (Fsp3) is 0.182. The second-order valence-corrected chi connectivity index (χ2v) is 3.84. The first-order valence-electron chi connectivity index (χ1n) is 5.27. The van der Waals surface area contributed by atoms with Crippen LogP contribution in [0.4, 0.5) is 17.6 Å². The van der Waals surface area contributed by atoms with Crippen LogP contribution in [0.15, 0.2) is 24.4 Å². The van der Waals surface area contributed by atoms with Gasteiger partial charge in [0.15, 0.2) is 5.69 Å². The summed E-state index contributed by atoms with van der Waals surface area (Å²) in [5.74, 6) is -2.58. The van der Waals surface area contributed by atoms with Crippen LogP contribution in [-0.4, -0.2) is 25.8 Å². The van der Waals surface area contributed by atoms with Crippen LogP contribution < -0.4 is 0 Å². The lowest BCUT2D eigenvalue weighted by atomic mass is 10.2. The van der Waals surface area contributed by atoms with Gasteiger partial charge in [-0.25, -0.2) is 9.78 Å². The Labute approximate surface area is 109 Å². The Bertz CT molecular complexity index is 651. The van der Waals surface area contributed by atoms with E-state index in [1.54, 1.807) is 0 Å². The van der Waals surface area contributed by atoms with E-state index in [2.05, 4.69) is 10.1 Å². The van der Waals surface area contributed by atoms with E-state index in [4.69, 9.17) is 5.11 Å². The van der Waals surface area contributed by atoms with Crippen LogP contribution in [0.3, 0.4) is 0 Å². The lowest BCUT2D eigenvalue weighted by molar-refractivity contribution is -0.138. The van der Waals surface area contributed by atoms with Crippen molar-refractivity contribution in [2.45, 2.75) is 12.7 Å². The fourth-order valence-corrected chi connectivity index (χ4v) is 1.57. The summed E-state index contributed by atoms with van der Waals surface area (Å²) in [7, 11) is 0. The summed E-state index contributed by atoms with van der Waals surface area (Å²) in [6.45, 7) is -0.270. The zero-order chi connectivity index (χ0) is 14.9. The number of aromatic carboxylic acids is 1. The van der Waals surface area contributed by atoms with Crippen LogP contribution >= 0.6 is 0 Å². The fourth-order valence-electron chi connectivity index (χ4n) is 1.57. The molecular formula is C11H7F4N3O2. The monoisotopic (exact) mass is 289 g/mol. The highest BCUT2D eigenvalue weighted by Gasteiger charge is 2.38. The first kappa shape index (κ1) is 14.0. The van der Waals surface area contributed by atoms with Crippen molar-refractivity contribution in [2.75, 3.05) is 0 Å². The number of pyridine rings is 1. The van der Waals surface area contributed by atoms with Crippen molar-refractivity contribution in [3.63, 3.8) is 0 Å². The summed E-state index contributed by atoms with van der Waals surface area (Å²) in [4.78, 5) is 14.2. The summed E-state index contributed by atoms with van der Waals surface area (Å²) in [5, 5.41) is 12.0. The molecule has 0 aromatic carbocycles. The average molecular weight is 289 g/mol. The third-order valence-corrected chi connectivity index (χ3v) is 2.37. The molecule has 0 saturated heterocycles. The summed E-state index contributed by atoms with van der Waals surface area (Å²) in [5.41, 5.74) is -2.34. The van der Waals surface area contributed by atoms with Gasteiger partial charge < -0.3 is 5.11 Å². The van der Waals surface area contributed by atoms with Crippen molar-refractivity contribution in [3.8, 4) is 0 Å². The van der Waals surface area contributed by atoms with E-state index in [1.165, 1.54) is 12.1 Å². The van der Waals surface area contributed by atoms with E-state index in [-0.39, 0.29) is 12.2 Å². The molecule has 0 unspecified atom stereocenters. The number of carbonyl (C=O) groups is 1. The Hall–Kier alpha value is -2.45.